The van der Waals surface area contributed by atoms with Crippen molar-refractivity contribution in [2.24, 2.45) is 5.92 Å². The van der Waals surface area contributed by atoms with Gasteiger partial charge in [0.2, 0.25) is 5.91 Å². The second kappa shape index (κ2) is 10.6. The topological polar surface area (TPSA) is 20.3 Å². The van der Waals surface area contributed by atoms with Crippen LogP contribution in [0.3, 0.4) is 0 Å². The molecule has 0 saturated carbocycles. The minimum atomic E-state index is 0.387. The number of hydrogen-bond acceptors (Lipinski definition) is 2. The van der Waals surface area contributed by atoms with Gasteiger partial charge < -0.3 is 4.90 Å². The van der Waals surface area contributed by atoms with E-state index in [0.29, 0.717) is 5.91 Å². The number of rotatable bonds is 9. The summed E-state index contributed by atoms with van der Waals surface area (Å²) in [4.78, 5) is 14.0. The maximum absolute atomic E-state index is 11.9. The Bertz CT molecular complexity index is 245. The molecule has 1 saturated heterocycles. The van der Waals surface area contributed by atoms with E-state index in [9.17, 15) is 4.79 Å². The van der Waals surface area contributed by atoms with Crippen LogP contribution in [-0.4, -0.2) is 29.6 Å². The second-order valence-electron chi connectivity index (χ2n) is 6.01. The van der Waals surface area contributed by atoms with Gasteiger partial charge in [0.15, 0.2) is 0 Å². The molecule has 0 N–H and O–H groups in total. The summed E-state index contributed by atoms with van der Waals surface area (Å²) < 4.78 is 0. The summed E-state index contributed by atoms with van der Waals surface area (Å²) in [5.74, 6) is 2.13. The molecule has 19 heavy (non-hydrogen) atoms. The van der Waals surface area contributed by atoms with Crippen molar-refractivity contribution in [3.63, 3.8) is 0 Å². The van der Waals surface area contributed by atoms with Gasteiger partial charge >= 0.3 is 0 Å². The van der Waals surface area contributed by atoms with Crippen molar-refractivity contribution < 1.29 is 4.79 Å². The monoisotopic (exact) mass is 285 g/mol. The molecule has 1 atom stereocenters. The van der Waals surface area contributed by atoms with E-state index in [1.807, 2.05) is 0 Å². The number of likely N-dealkylation sites (tertiary alicyclic amines) is 1. The molecule has 0 radical (unpaired) electrons. The van der Waals surface area contributed by atoms with E-state index in [-0.39, 0.29) is 0 Å². The molecule has 1 fully saturated rings. The van der Waals surface area contributed by atoms with Gasteiger partial charge in [-0.1, -0.05) is 39.0 Å². The molecule has 1 aliphatic heterocycles. The highest BCUT2D eigenvalue weighted by Gasteiger charge is 2.19. The van der Waals surface area contributed by atoms with Gasteiger partial charge in [-0.25, -0.2) is 0 Å². The fourth-order valence-electron chi connectivity index (χ4n) is 2.71. The zero-order valence-corrected chi connectivity index (χ0v) is 13.5. The van der Waals surface area contributed by atoms with Crippen LogP contribution in [0.15, 0.2) is 0 Å². The molecule has 0 spiro atoms. The lowest BCUT2D eigenvalue weighted by Crippen LogP contribution is -2.31. The predicted molar refractivity (Wildman–Crippen MR) is 85.8 cm³/mol. The predicted octanol–water partition coefficient (Wildman–Crippen LogP) is 4.30. The van der Waals surface area contributed by atoms with Crippen molar-refractivity contribution in [2.45, 2.75) is 71.1 Å². The zero-order valence-electron chi connectivity index (χ0n) is 12.6. The Kier molecular flexibility index (Phi) is 9.40. The largest absolute Gasteiger partial charge is 0.343 e. The summed E-state index contributed by atoms with van der Waals surface area (Å²) in [7, 11) is 0. The first kappa shape index (κ1) is 16.9. The fourth-order valence-corrected chi connectivity index (χ4v) is 2.93. The smallest absolute Gasteiger partial charge is 0.222 e. The SMILES string of the molecule is CC1CCC(=O)N(CCCCCCCCCS)CC1. The third kappa shape index (κ3) is 7.86. The van der Waals surface area contributed by atoms with Crippen LogP contribution in [0.1, 0.15) is 71.1 Å². The molecule has 1 rings (SSSR count). The molecule has 3 heteroatoms. The molecule has 2 nitrogen and oxygen atoms in total. The van der Waals surface area contributed by atoms with E-state index < -0.39 is 0 Å². The highest BCUT2D eigenvalue weighted by molar-refractivity contribution is 7.80. The quantitative estimate of drug-likeness (QED) is 0.495. The number of carbonyl (C=O) groups excluding carboxylic acids is 1. The summed E-state index contributed by atoms with van der Waals surface area (Å²) >= 11 is 4.22. The van der Waals surface area contributed by atoms with Crippen molar-refractivity contribution >= 4 is 18.5 Å². The number of carbonyl (C=O) groups is 1. The van der Waals surface area contributed by atoms with E-state index in [1.165, 1.54) is 51.4 Å². The lowest BCUT2D eigenvalue weighted by molar-refractivity contribution is -0.130. The molecule has 112 valence electrons. The van der Waals surface area contributed by atoms with E-state index >= 15 is 0 Å². The molecule has 0 bridgehead atoms. The fraction of sp³-hybridized carbons (Fsp3) is 0.938. The first-order valence-electron chi connectivity index (χ1n) is 8.12. The summed E-state index contributed by atoms with van der Waals surface area (Å²) in [6.07, 6.45) is 12.1. The van der Waals surface area contributed by atoms with Crippen molar-refractivity contribution in [1.29, 1.82) is 0 Å². The minimum absolute atomic E-state index is 0.387. The lowest BCUT2D eigenvalue weighted by Gasteiger charge is -2.20. The number of amides is 1. The van der Waals surface area contributed by atoms with E-state index in [2.05, 4.69) is 24.5 Å². The van der Waals surface area contributed by atoms with Crippen molar-refractivity contribution in [1.82, 2.24) is 4.90 Å². The number of hydrogen-bond donors (Lipinski definition) is 1. The summed E-state index contributed by atoms with van der Waals surface area (Å²) in [5, 5.41) is 0. The van der Waals surface area contributed by atoms with Crippen LogP contribution in [0.2, 0.25) is 0 Å². The second-order valence-corrected chi connectivity index (χ2v) is 6.46. The first-order valence-corrected chi connectivity index (χ1v) is 8.76. The third-order valence-electron chi connectivity index (χ3n) is 4.18. The Morgan fingerprint density at radius 3 is 2.37 bits per heavy atom. The molecule has 0 aromatic carbocycles. The van der Waals surface area contributed by atoms with Gasteiger partial charge in [0, 0.05) is 19.5 Å². The molecular weight excluding hydrogens is 254 g/mol. The Hall–Kier alpha value is -0.180. The molecule has 1 unspecified atom stereocenters. The summed E-state index contributed by atoms with van der Waals surface area (Å²) in [5.41, 5.74) is 0. The standard InChI is InChI=1S/C16H31NOS/c1-15-9-10-16(18)17(13-11-15)12-7-5-3-2-4-6-8-14-19/h15,19H,2-14H2,1H3. The van der Waals surface area contributed by atoms with Gasteiger partial charge in [-0.3, -0.25) is 4.79 Å². The molecule has 0 aliphatic carbocycles. The van der Waals surface area contributed by atoms with E-state index in [0.717, 1.165) is 37.6 Å². The van der Waals surface area contributed by atoms with Crippen molar-refractivity contribution in [3.05, 3.63) is 0 Å². The average Bonchev–Trinajstić information content (AvgIpc) is 2.56. The summed E-state index contributed by atoms with van der Waals surface area (Å²) in [6, 6.07) is 0. The van der Waals surface area contributed by atoms with Gasteiger partial charge in [0.1, 0.15) is 0 Å². The van der Waals surface area contributed by atoms with Gasteiger partial charge in [0.25, 0.3) is 0 Å². The number of unbranched alkanes of at least 4 members (excludes halogenated alkanes) is 6. The normalized spacial score (nSPS) is 20.6. The van der Waals surface area contributed by atoms with Gasteiger partial charge in [-0.2, -0.15) is 12.6 Å². The zero-order chi connectivity index (χ0) is 13.9. The van der Waals surface area contributed by atoms with E-state index in [1.54, 1.807) is 0 Å². The highest BCUT2D eigenvalue weighted by Crippen LogP contribution is 2.18. The average molecular weight is 285 g/mol. The molecule has 1 aliphatic rings. The van der Waals surface area contributed by atoms with Crippen molar-refractivity contribution in [2.75, 3.05) is 18.8 Å². The van der Waals surface area contributed by atoms with Crippen LogP contribution >= 0.6 is 12.6 Å². The van der Waals surface area contributed by atoms with Crippen LogP contribution in [0, 0.1) is 5.92 Å². The van der Waals surface area contributed by atoms with Crippen LogP contribution in [-0.2, 0) is 4.79 Å². The lowest BCUT2D eigenvalue weighted by atomic mass is 10.0. The van der Waals surface area contributed by atoms with Crippen LogP contribution in [0.25, 0.3) is 0 Å². The van der Waals surface area contributed by atoms with Crippen LogP contribution in [0.4, 0.5) is 0 Å². The Balaban J connectivity index is 2.00. The van der Waals surface area contributed by atoms with E-state index in [4.69, 9.17) is 0 Å². The summed E-state index contributed by atoms with van der Waals surface area (Å²) in [6.45, 7) is 4.24. The van der Waals surface area contributed by atoms with Gasteiger partial charge in [-0.05, 0) is 37.4 Å². The Labute approximate surface area is 124 Å². The molecule has 0 aromatic rings. The van der Waals surface area contributed by atoms with Gasteiger partial charge in [-0.15, -0.1) is 0 Å². The maximum Gasteiger partial charge on any atom is 0.222 e. The third-order valence-corrected chi connectivity index (χ3v) is 4.50. The molecule has 1 amide bonds. The Morgan fingerprint density at radius 1 is 1.05 bits per heavy atom. The molecular formula is C16H31NOS. The number of nitrogens with zero attached hydrogens (tertiary/aromatic N) is 1. The molecule has 0 aromatic heterocycles. The Morgan fingerprint density at radius 2 is 1.68 bits per heavy atom. The highest BCUT2D eigenvalue weighted by atomic mass is 32.1. The minimum Gasteiger partial charge on any atom is -0.343 e. The van der Waals surface area contributed by atoms with Crippen molar-refractivity contribution in [3.8, 4) is 0 Å². The first-order chi connectivity index (χ1) is 9.24. The molecule has 1 heterocycles. The van der Waals surface area contributed by atoms with Crippen LogP contribution < -0.4 is 0 Å². The maximum atomic E-state index is 11.9. The van der Waals surface area contributed by atoms with Gasteiger partial charge in [0.05, 0.1) is 0 Å². The van der Waals surface area contributed by atoms with Crippen LogP contribution in [0.5, 0.6) is 0 Å². The number of thiol groups is 1.